The fourth-order valence-electron chi connectivity index (χ4n) is 4.20. The lowest BCUT2D eigenvalue weighted by Gasteiger charge is -2.38. The molecule has 6 nitrogen and oxygen atoms in total. The zero-order valence-corrected chi connectivity index (χ0v) is 15.5. The van der Waals surface area contributed by atoms with E-state index in [2.05, 4.69) is 39.8 Å². The van der Waals surface area contributed by atoms with E-state index in [1.165, 1.54) is 0 Å². The summed E-state index contributed by atoms with van der Waals surface area (Å²) in [4.78, 5) is 17.3. The molecule has 138 valence electrons. The number of hydrogen-bond donors (Lipinski definition) is 0. The Morgan fingerprint density at radius 3 is 2.64 bits per heavy atom. The minimum atomic E-state index is -0.355. The number of carbonyl (C=O) groups is 1. The second-order valence-corrected chi connectivity index (χ2v) is 7.75. The van der Waals surface area contributed by atoms with Gasteiger partial charge in [-0.25, -0.2) is 0 Å². The van der Waals surface area contributed by atoms with Crippen LogP contribution >= 0.6 is 0 Å². The zero-order chi connectivity index (χ0) is 17.9. The number of amides is 1. The van der Waals surface area contributed by atoms with Crippen molar-refractivity contribution >= 4 is 5.91 Å². The van der Waals surface area contributed by atoms with Crippen molar-refractivity contribution in [2.75, 3.05) is 26.2 Å². The van der Waals surface area contributed by atoms with Crippen LogP contribution in [0.5, 0.6) is 0 Å². The molecular weight excluding hydrogens is 316 g/mol. The highest BCUT2D eigenvalue weighted by Crippen LogP contribution is 2.38. The molecule has 2 fully saturated rings. The zero-order valence-electron chi connectivity index (χ0n) is 15.5. The molecule has 3 rings (SSSR count). The minimum Gasteiger partial charge on any atom is -0.373 e. The van der Waals surface area contributed by atoms with E-state index in [0.29, 0.717) is 25.3 Å². The molecule has 0 aromatic heterocycles. The van der Waals surface area contributed by atoms with E-state index in [4.69, 9.17) is 11.2 Å². The molecule has 0 radical (unpaired) electrons. The lowest BCUT2D eigenvalue weighted by molar-refractivity contribution is -0.133. The molecular formula is C19H30N4O2. The largest absolute Gasteiger partial charge is 0.373 e. The summed E-state index contributed by atoms with van der Waals surface area (Å²) in [7, 11) is 0. The predicted octanol–water partition coefficient (Wildman–Crippen LogP) is 2.44. The Morgan fingerprint density at radius 1 is 1.28 bits per heavy atom. The molecule has 2 saturated heterocycles. The molecule has 0 aromatic carbocycles. The SMILES string of the molecule is C#CCCC1(CCC(=O)N2CCCC2CN2CC(C)OC(C)C2)N=N1. The van der Waals surface area contributed by atoms with Gasteiger partial charge in [-0.15, -0.1) is 12.3 Å². The Balaban J connectivity index is 1.47. The van der Waals surface area contributed by atoms with Crippen molar-refractivity contribution in [2.45, 2.75) is 76.3 Å². The molecule has 25 heavy (non-hydrogen) atoms. The summed E-state index contributed by atoms with van der Waals surface area (Å²) in [6.45, 7) is 7.99. The third-order valence-electron chi connectivity index (χ3n) is 5.45. The summed E-state index contributed by atoms with van der Waals surface area (Å²) in [5.74, 6) is 2.88. The molecule has 0 bridgehead atoms. The highest BCUT2D eigenvalue weighted by Gasteiger charge is 2.40. The Kier molecular flexibility index (Phi) is 5.75. The lowest BCUT2D eigenvalue weighted by atomic mass is 10.0. The molecule has 0 spiro atoms. The summed E-state index contributed by atoms with van der Waals surface area (Å²) < 4.78 is 5.81. The van der Waals surface area contributed by atoms with Crippen LogP contribution in [0.25, 0.3) is 0 Å². The molecule has 3 atom stereocenters. The molecule has 0 N–H and O–H groups in total. The normalized spacial score (nSPS) is 31.1. The number of nitrogens with zero attached hydrogens (tertiary/aromatic N) is 4. The van der Waals surface area contributed by atoms with Gasteiger partial charge in [0.2, 0.25) is 5.91 Å². The number of likely N-dealkylation sites (tertiary alicyclic amines) is 1. The molecule has 0 aromatic rings. The highest BCUT2D eigenvalue weighted by molar-refractivity contribution is 5.77. The number of rotatable bonds is 7. The van der Waals surface area contributed by atoms with Gasteiger partial charge >= 0.3 is 0 Å². The maximum absolute atomic E-state index is 12.7. The van der Waals surface area contributed by atoms with Crippen LogP contribution in [0.4, 0.5) is 0 Å². The van der Waals surface area contributed by atoms with Crippen LogP contribution < -0.4 is 0 Å². The summed E-state index contributed by atoms with van der Waals surface area (Å²) in [6.07, 6.45) is 10.7. The van der Waals surface area contributed by atoms with Crippen LogP contribution in [-0.4, -0.2) is 65.8 Å². The van der Waals surface area contributed by atoms with Gasteiger partial charge in [0.1, 0.15) is 0 Å². The van der Waals surface area contributed by atoms with E-state index in [9.17, 15) is 4.79 Å². The predicted molar refractivity (Wildman–Crippen MR) is 96.1 cm³/mol. The Bertz CT molecular complexity index is 540. The Morgan fingerprint density at radius 2 is 2.00 bits per heavy atom. The highest BCUT2D eigenvalue weighted by atomic mass is 16.5. The van der Waals surface area contributed by atoms with Crippen molar-refractivity contribution in [1.82, 2.24) is 9.80 Å². The number of morpholine rings is 1. The van der Waals surface area contributed by atoms with Crippen molar-refractivity contribution in [3.8, 4) is 12.3 Å². The van der Waals surface area contributed by atoms with Gasteiger partial charge < -0.3 is 9.64 Å². The topological polar surface area (TPSA) is 57.5 Å². The standard InChI is InChI=1S/C19H30N4O2/c1-4-5-9-19(20-21-19)10-8-18(24)23-11-6-7-17(23)14-22-12-15(2)25-16(3)13-22/h1,15-17H,5-14H2,2-3H3. The second-order valence-electron chi connectivity index (χ2n) is 7.75. The van der Waals surface area contributed by atoms with Crippen LogP contribution in [0.1, 0.15) is 52.4 Å². The molecule has 3 aliphatic rings. The third kappa shape index (κ3) is 4.80. The van der Waals surface area contributed by atoms with Gasteiger partial charge in [-0.1, -0.05) is 0 Å². The first-order valence-corrected chi connectivity index (χ1v) is 9.56. The average molecular weight is 346 g/mol. The molecule has 0 saturated carbocycles. The third-order valence-corrected chi connectivity index (χ3v) is 5.45. The maximum atomic E-state index is 12.7. The minimum absolute atomic E-state index is 0.245. The van der Waals surface area contributed by atoms with Crippen LogP contribution in [0.3, 0.4) is 0 Å². The smallest absolute Gasteiger partial charge is 0.223 e. The maximum Gasteiger partial charge on any atom is 0.223 e. The van der Waals surface area contributed by atoms with Crippen molar-refractivity contribution in [1.29, 1.82) is 0 Å². The molecule has 0 aliphatic carbocycles. The van der Waals surface area contributed by atoms with E-state index in [1.807, 2.05) is 0 Å². The van der Waals surface area contributed by atoms with Crippen LogP contribution in [0.2, 0.25) is 0 Å². The van der Waals surface area contributed by atoms with Crippen molar-refractivity contribution in [3.05, 3.63) is 0 Å². The number of ether oxygens (including phenoxy) is 1. The Labute approximate surface area is 151 Å². The van der Waals surface area contributed by atoms with Crippen LogP contribution in [0, 0.1) is 12.3 Å². The monoisotopic (exact) mass is 346 g/mol. The average Bonchev–Trinajstić information content (AvgIpc) is 3.19. The first kappa shape index (κ1) is 18.3. The van der Waals surface area contributed by atoms with Gasteiger partial charge in [-0.2, -0.15) is 10.2 Å². The molecule has 3 aliphatic heterocycles. The van der Waals surface area contributed by atoms with E-state index in [0.717, 1.165) is 45.4 Å². The second kappa shape index (κ2) is 7.84. The fourth-order valence-corrected chi connectivity index (χ4v) is 4.20. The van der Waals surface area contributed by atoms with E-state index >= 15 is 0 Å². The molecule has 1 amide bonds. The van der Waals surface area contributed by atoms with Gasteiger partial charge in [-0.3, -0.25) is 9.69 Å². The van der Waals surface area contributed by atoms with E-state index in [-0.39, 0.29) is 23.8 Å². The van der Waals surface area contributed by atoms with Crippen LogP contribution in [-0.2, 0) is 9.53 Å². The number of hydrogen-bond acceptors (Lipinski definition) is 5. The quantitative estimate of drug-likeness (QED) is 0.665. The van der Waals surface area contributed by atoms with Gasteiger partial charge in [-0.05, 0) is 26.7 Å². The molecule has 3 unspecified atom stereocenters. The van der Waals surface area contributed by atoms with Crippen LogP contribution in [0.15, 0.2) is 10.2 Å². The van der Waals surface area contributed by atoms with Crippen molar-refractivity contribution in [2.24, 2.45) is 10.2 Å². The van der Waals surface area contributed by atoms with E-state index < -0.39 is 0 Å². The van der Waals surface area contributed by atoms with Crippen molar-refractivity contribution < 1.29 is 9.53 Å². The molecule has 3 heterocycles. The summed E-state index contributed by atoms with van der Waals surface area (Å²) >= 11 is 0. The lowest BCUT2D eigenvalue weighted by Crippen LogP contribution is -2.51. The number of terminal acetylenes is 1. The van der Waals surface area contributed by atoms with Gasteiger partial charge in [0.05, 0.1) is 12.2 Å². The first-order valence-electron chi connectivity index (χ1n) is 9.56. The number of carbonyl (C=O) groups excluding carboxylic acids is 1. The Hall–Kier alpha value is -1.45. The van der Waals surface area contributed by atoms with Gasteiger partial charge in [0.15, 0.2) is 5.66 Å². The summed E-state index contributed by atoms with van der Waals surface area (Å²) in [5.41, 5.74) is -0.355. The first-order chi connectivity index (χ1) is 12.0. The summed E-state index contributed by atoms with van der Waals surface area (Å²) in [5, 5.41) is 8.27. The molecule has 6 heteroatoms. The fraction of sp³-hybridized carbons (Fsp3) is 0.842. The summed E-state index contributed by atoms with van der Waals surface area (Å²) in [6, 6.07) is 0.333. The van der Waals surface area contributed by atoms with Gasteiger partial charge in [0.25, 0.3) is 0 Å². The van der Waals surface area contributed by atoms with Crippen molar-refractivity contribution in [3.63, 3.8) is 0 Å². The van der Waals surface area contributed by atoms with E-state index in [1.54, 1.807) is 0 Å². The van der Waals surface area contributed by atoms with Gasteiger partial charge in [0, 0.05) is 57.9 Å².